The van der Waals surface area contributed by atoms with Gasteiger partial charge in [-0.1, -0.05) is 0 Å². The van der Waals surface area contributed by atoms with Crippen LogP contribution in [0.25, 0.3) is 0 Å². The summed E-state index contributed by atoms with van der Waals surface area (Å²) in [4.78, 5) is 10.7. The number of alkyl halides is 5. The Morgan fingerprint density at radius 3 is 1.88 bits per heavy atom. The lowest BCUT2D eigenvalue weighted by atomic mass is 10.2. The Morgan fingerprint density at radius 2 is 1.53 bits per heavy atom. The molecule has 8 heteroatoms. The molecule has 3 nitrogen and oxygen atoms in total. The van der Waals surface area contributed by atoms with Gasteiger partial charge in [0.2, 0.25) is 1.61 Å². The van der Waals surface area contributed by atoms with Crippen LogP contribution in [-0.2, 0) is 0 Å². The van der Waals surface area contributed by atoms with Crippen LogP contribution in [0.5, 0.6) is 5.75 Å². The predicted molar refractivity (Wildman–Crippen MR) is 110 cm³/mol. The maximum absolute atomic E-state index is 10.7. The van der Waals surface area contributed by atoms with E-state index in [1.54, 1.807) is 12.1 Å². The average Bonchev–Trinajstić information content (AvgIpc) is 2.16. The highest BCUT2D eigenvalue weighted by Gasteiger charge is 2.44. The Kier molecular flexibility index (Phi) is 6.81. The zero-order valence-corrected chi connectivity index (χ0v) is 18.8. The van der Waals surface area contributed by atoms with E-state index >= 15 is 0 Å². The third-order valence-corrected chi connectivity index (χ3v) is 12.2. The first-order valence-corrected chi connectivity index (χ1v) is 9.50. The molecule has 0 spiro atoms. The summed E-state index contributed by atoms with van der Waals surface area (Å²) in [6, 6.07) is 6.42. The second-order valence-electron chi connectivity index (χ2n) is 2.95. The number of hydrogen-bond donors (Lipinski definition) is 1. The van der Waals surface area contributed by atoms with Gasteiger partial charge in [0.05, 0.1) is 5.56 Å². The Labute approximate surface area is 167 Å². The van der Waals surface area contributed by atoms with Gasteiger partial charge in [0.1, 0.15) is 5.75 Å². The zero-order chi connectivity index (χ0) is 13.3. The molecule has 0 bridgehead atoms. The van der Waals surface area contributed by atoms with Crippen molar-refractivity contribution in [1.82, 2.24) is 0 Å². The molecule has 0 fully saturated rings. The van der Waals surface area contributed by atoms with E-state index in [0.29, 0.717) is 5.75 Å². The Balaban J connectivity index is 2.86. The summed E-state index contributed by atoms with van der Waals surface area (Å²) in [5.74, 6) is -0.272. The van der Waals surface area contributed by atoms with E-state index in [0.717, 1.165) is 0 Å². The van der Waals surface area contributed by atoms with Crippen molar-refractivity contribution in [2.75, 3.05) is 0 Å². The molecular formula is C9H5I5O3. The van der Waals surface area contributed by atoms with Crippen molar-refractivity contribution >= 4 is 119 Å². The molecule has 1 aromatic rings. The highest BCUT2D eigenvalue weighted by atomic mass is 127. The quantitative estimate of drug-likeness (QED) is 0.335. The van der Waals surface area contributed by atoms with E-state index in [1.807, 2.05) is 0 Å². The summed E-state index contributed by atoms with van der Waals surface area (Å²) in [7, 11) is 0. The Hall–Kier alpha value is 2.14. The molecule has 1 N–H and O–H groups in total. The molecule has 0 aromatic heterocycles. The van der Waals surface area contributed by atoms with Gasteiger partial charge in [0.25, 0.3) is 0 Å². The maximum atomic E-state index is 10.7. The molecular weight excluding hydrogens is 791 g/mol. The van der Waals surface area contributed by atoms with Crippen molar-refractivity contribution in [3.63, 3.8) is 0 Å². The zero-order valence-electron chi connectivity index (χ0n) is 7.96. The van der Waals surface area contributed by atoms with Crippen LogP contribution in [0.2, 0.25) is 0 Å². The highest BCUT2D eigenvalue weighted by molar-refractivity contribution is 14.3. The molecule has 1 rings (SSSR count). The van der Waals surface area contributed by atoms with E-state index in [1.165, 1.54) is 12.1 Å². The van der Waals surface area contributed by atoms with Gasteiger partial charge in [-0.3, -0.25) is 0 Å². The Bertz CT molecular complexity index is 410. The van der Waals surface area contributed by atoms with E-state index < -0.39 is 7.58 Å². The molecule has 0 heterocycles. The molecule has 0 unspecified atom stereocenters. The highest BCUT2D eigenvalue weighted by Crippen LogP contribution is 2.54. The van der Waals surface area contributed by atoms with Gasteiger partial charge in [-0.25, -0.2) is 4.79 Å². The van der Waals surface area contributed by atoms with Crippen LogP contribution >= 0.6 is 113 Å². The number of carboxylic acid groups (broad SMARTS) is 1. The number of carbonyl (C=O) groups is 1. The summed E-state index contributed by atoms with van der Waals surface area (Å²) < 4.78 is 5.32. The van der Waals surface area contributed by atoms with Gasteiger partial charge in [-0.2, -0.15) is 0 Å². The van der Waals surface area contributed by atoms with E-state index in [9.17, 15) is 4.79 Å². The second kappa shape index (κ2) is 6.73. The normalized spacial score (nSPS) is 12.3. The van der Waals surface area contributed by atoms with E-state index in [2.05, 4.69) is 113 Å². The molecule has 0 aliphatic carbocycles. The largest absolute Gasteiger partial charge is 0.478 e. The SMILES string of the molecule is O=C(O)c1ccc(OC(I)(I)C(I)(I)I)cc1. The fourth-order valence-corrected chi connectivity index (χ4v) is 1.71. The lowest BCUT2D eigenvalue weighted by Crippen LogP contribution is -2.34. The third-order valence-electron chi connectivity index (χ3n) is 1.68. The monoisotopic (exact) mass is 796 g/mol. The van der Waals surface area contributed by atoms with Crippen LogP contribution in [0.15, 0.2) is 24.3 Å². The van der Waals surface area contributed by atoms with E-state index in [-0.39, 0.29) is 5.00 Å². The van der Waals surface area contributed by atoms with E-state index in [4.69, 9.17) is 9.84 Å². The number of carboxylic acids is 1. The lowest BCUT2D eigenvalue weighted by molar-refractivity contribution is 0.0697. The van der Waals surface area contributed by atoms with Crippen molar-refractivity contribution in [1.29, 1.82) is 0 Å². The van der Waals surface area contributed by atoms with Crippen molar-refractivity contribution < 1.29 is 14.6 Å². The van der Waals surface area contributed by atoms with Crippen LogP contribution < -0.4 is 4.74 Å². The fourth-order valence-electron chi connectivity index (χ4n) is 0.871. The summed E-state index contributed by atoms with van der Waals surface area (Å²) in [6.07, 6.45) is 0. The van der Waals surface area contributed by atoms with Crippen LogP contribution in [-0.4, -0.2) is 12.1 Å². The standard InChI is InChI=1S/C9H5I5O3/c10-8(11,12)9(13,14)17-6-3-1-5(2-4-6)7(15)16/h1-4H,(H,15,16). The number of halogens is 5. The molecule has 0 aliphatic heterocycles. The van der Waals surface area contributed by atoms with Crippen molar-refractivity contribution in [3.05, 3.63) is 29.8 Å². The second-order valence-corrected chi connectivity index (χ2v) is 19.1. The minimum absolute atomic E-state index is 0.118. The molecule has 17 heavy (non-hydrogen) atoms. The molecule has 0 radical (unpaired) electrons. The summed E-state index contributed by atoms with van der Waals surface area (Å²) in [5, 5.41) is 8.79. The molecule has 0 aliphatic rings. The molecule has 0 atom stereocenters. The summed E-state index contributed by atoms with van der Waals surface area (Å²) in [5.41, 5.74) is 0.259. The van der Waals surface area contributed by atoms with Crippen LogP contribution in [0.1, 0.15) is 10.4 Å². The van der Waals surface area contributed by atoms with Crippen LogP contribution in [0.3, 0.4) is 0 Å². The maximum Gasteiger partial charge on any atom is 0.335 e. The fraction of sp³-hybridized carbons (Fsp3) is 0.222. The summed E-state index contributed by atoms with van der Waals surface area (Å²) >= 11 is 11.4. The predicted octanol–water partition coefficient (Wildman–Crippen LogP) is 5.25. The number of aromatic carboxylic acids is 1. The molecule has 0 saturated carbocycles. The number of rotatable bonds is 4. The van der Waals surface area contributed by atoms with Crippen LogP contribution in [0.4, 0.5) is 0 Å². The molecule has 1 aromatic carbocycles. The smallest absolute Gasteiger partial charge is 0.335 e. The minimum atomic E-state index is -0.933. The van der Waals surface area contributed by atoms with Gasteiger partial charge in [-0.05, 0) is 137 Å². The summed E-state index contributed by atoms with van der Waals surface area (Å²) in [6.45, 7) is 0. The van der Waals surface area contributed by atoms with Gasteiger partial charge in [-0.15, -0.1) is 0 Å². The van der Waals surface area contributed by atoms with Gasteiger partial charge in [0.15, 0.2) is -0.565 Å². The number of ether oxygens (including phenoxy) is 1. The first-order chi connectivity index (χ1) is 7.63. The lowest BCUT2D eigenvalue weighted by Gasteiger charge is -2.30. The topological polar surface area (TPSA) is 46.5 Å². The van der Waals surface area contributed by atoms with Crippen molar-refractivity contribution in [3.8, 4) is 5.75 Å². The number of hydrogen-bond acceptors (Lipinski definition) is 2. The average molecular weight is 796 g/mol. The third kappa shape index (κ3) is 5.20. The first-order valence-electron chi connectivity index (χ1n) is 4.10. The first kappa shape index (κ1) is 17.2. The van der Waals surface area contributed by atoms with Crippen molar-refractivity contribution in [2.24, 2.45) is 0 Å². The van der Waals surface area contributed by atoms with Gasteiger partial charge >= 0.3 is 5.97 Å². The van der Waals surface area contributed by atoms with Gasteiger partial charge in [0, 0.05) is 0 Å². The van der Waals surface area contributed by atoms with Crippen LogP contribution in [0, 0.1) is 0 Å². The molecule has 94 valence electrons. The molecule has 0 saturated heterocycles. The molecule has 0 amide bonds. The Morgan fingerprint density at radius 1 is 1.06 bits per heavy atom. The van der Waals surface area contributed by atoms with Gasteiger partial charge < -0.3 is 9.84 Å². The van der Waals surface area contributed by atoms with Crippen molar-refractivity contribution in [2.45, 2.75) is 1.05 Å². The number of benzene rings is 1. The minimum Gasteiger partial charge on any atom is -0.478 e.